The van der Waals surface area contributed by atoms with Gasteiger partial charge in [-0.25, -0.2) is 0 Å². The van der Waals surface area contributed by atoms with Gasteiger partial charge in [-0.2, -0.15) is 13.2 Å². The van der Waals surface area contributed by atoms with Gasteiger partial charge >= 0.3 is 6.18 Å². The van der Waals surface area contributed by atoms with E-state index in [2.05, 4.69) is 26.1 Å². The molecule has 0 amide bonds. The first-order valence-electron chi connectivity index (χ1n) is 6.54. The van der Waals surface area contributed by atoms with Gasteiger partial charge in [-0.15, -0.1) is 0 Å². The number of unbranched alkanes of at least 4 members (excludes halogenated alkanes) is 2. The monoisotopic (exact) mass is 253 g/mol. The molecule has 0 unspecified atom stereocenters. The van der Waals surface area contributed by atoms with Crippen LogP contribution < -0.4 is 5.32 Å². The summed E-state index contributed by atoms with van der Waals surface area (Å²) in [5.74, 6) is 0. The second-order valence-corrected chi connectivity index (χ2v) is 5.52. The Kier molecular flexibility index (Phi) is 7.84. The van der Waals surface area contributed by atoms with E-state index in [9.17, 15) is 13.2 Å². The Morgan fingerprint density at radius 1 is 0.941 bits per heavy atom. The number of halogens is 3. The molecule has 0 aromatic rings. The van der Waals surface area contributed by atoms with Crippen LogP contribution in [0.3, 0.4) is 0 Å². The van der Waals surface area contributed by atoms with Gasteiger partial charge in [0.1, 0.15) is 0 Å². The molecule has 0 aliphatic carbocycles. The van der Waals surface area contributed by atoms with Gasteiger partial charge in [-0.1, -0.05) is 40.0 Å². The molecular formula is C13H26F3N. The summed E-state index contributed by atoms with van der Waals surface area (Å²) in [7, 11) is 0. The van der Waals surface area contributed by atoms with E-state index in [0.717, 1.165) is 13.0 Å². The number of nitrogens with one attached hydrogen (secondary N) is 1. The SMILES string of the molecule is CCCCCC(C)(C)CNCCCC(F)(F)F. The van der Waals surface area contributed by atoms with Crippen molar-refractivity contribution in [1.82, 2.24) is 5.32 Å². The third-order valence-corrected chi connectivity index (χ3v) is 2.87. The molecule has 0 aliphatic heterocycles. The molecule has 1 N–H and O–H groups in total. The summed E-state index contributed by atoms with van der Waals surface area (Å²) in [6, 6.07) is 0. The van der Waals surface area contributed by atoms with Gasteiger partial charge in [0.05, 0.1) is 0 Å². The predicted octanol–water partition coefficient (Wildman–Crippen LogP) is 4.53. The van der Waals surface area contributed by atoms with Crippen LogP contribution in [0.4, 0.5) is 13.2 Å². The third-order valence-electron chi connectivity index (χ3n) is 2.87. The summed E-state index contributed by atoms with van der Waals surface area (Å²) < 4.78 is 35.7. The zero-order chi connectivity index (χ0) is 13.4. The largest absolute Gasteiger partial charge is 0.389 e. The Bertz CT molecular complexity index is 188. The first-order valence-corrected chi connectivity index (χ1v) is 6.54. The Morgan fingerprint density at radius 3 is 2.12 bits per heavy atom. The minimum Gasteiger partial charge on any atom is -0.316 e. The summed E-state index contributed by atoms with van der Waals surface area (Å²) in [5, 5.41) is 3.13. The van der Waals surface area contributed by atoms with Crippen molar-refractivity contribution in [2.75, 3.05) is 13.1 Å². The topological polar surface area (TPSA) is 12.0 Å². The van der Waals surface area contributed by atoms with Gasteiger partial charge < -0.3 is 5.32 Å². The van der Waals surface area contributed by atoms with Crippen molar-refractivity contribution in [3.8, 4) is 0 Å². The average molecular weight is 253 g/mol. The fourth-order valence-electron chi connectivity index (χ4n) is 1.78. The summed E-state index contributed by atoms with van der Waals surface area (Å²) in [6.07, 6.45) is 0.247. The zero-order valence-electron chi connectivity index (χ0n) is 11.3. The minimum atomic E-state index is -4.02. The molecule has 0 radical (unpaired) electrons. The average Bonchev–Trinajstić information content (AvgIpc) is 2.15. The van der Waals surface area contributed by atoms with Gasteiger partial charge in [0, 0.05) is 13.0 Å². The molecule has 0 bridgehead atoms. The van der Waals surface area contributed by atoms with Crippen LogP contribution in [0.1, 0.15) is 59.3 Å². The Morgan fingerprint density at radius 2 is 1.59 bits per heavy atom. The highest BCUT2D eigenvalue weighted by atomic mass is 19.4. The molecule has 0 aromatic heterocycles. The highest BCUT2D eigenvalue weighted by Gasteiger charge is 2.26. The summed E-state index contributed by atoms with van der Waals surface area (Å²) in [6.45, 7) is 7.76. The predicted molar refractivity (Wildman–Crippen MR) is 66.1 cm³/mol. The molecule has 0 atom stereocenters. The molecule has 0 aliphatic rings. The number of hydrogen-bond acceptors (Lipinski definition) is 1. The highest BCUT2D eigenvalue weighted by molar-refractivity contribution is 4.71. The van der Waals surface area contributed by atoms with Crippen molar-refractivity contribution in [1.29, 1.82) is 0 Å². The molecule has 0 rings (SSSR count). The Balaban J connectivity index is 3.51. The summed E-state index contributed by atoms with van der Waals surface area (Å²) in [4.78, 5) is 0. The van der Waals surface area contributed by atoms with Gasteiger partial charge in [0.2, 0.25) is 0 Å². The van der Waals surface area contributed by atoms with E-state index in [0.29, 0.717) is 6.54 Å². The van der Waals surface area contributed by atoms with Crippen molar-refractivity contribution >= 4 is 0 Å². The maximum atomic E-state index is 11.9. The number of alkyl halides is 3. The molecular weight excluding hydrogens is 227 g/mol. The summed E-state index contributed by atoms with van der Waals surface area (Å²) in [5.41, 5.74) is 0.188. The van der Waals surface area contributed by atoms with E-state index in [1.54, 1.807) is 0 Å². The lowest BCUT2D eigenvalue weighted by Crippen LogP contribution is -2.30. The second-order valence-electron chi connectivity index (χ2n) is 5.52. The second kappa shape index (κ2) is 7.96. The van der Waals surface area contributed by atoms with Crippen LogP contribution in [0.15, 0.2) is 0 Å². The van der Waals surface area contributed by atoms with Gasteiger partial charge in [0.15, 0.2) is 0 Å². The van der Waals surface area contributed by atoms with E-state index < -0.39 is 12.6 Å². The molecule has 4 heteroatoms. The van der Waals surface area contributed by atoms with Crippen molar-refractivity contribution in [2.24, 2.45) is 5.41 Å². The van der Waals surface area contributed by atoms with Gasteiger partial charge in [0.25, 0.3) is 0 Å². The lowest BCUT2D eigenvalue weighted by Gasteiger charge is -2.25. The molecule has 104 valence electrons. The van der Waals surface area contributed by atoms with E-state index in [4.69, 9.17) is 0 Å². The van der Waals surface area contributed by atoms with Crippen molar-refractivity contribution in [3.63, 3.8) is 0 Å². The fraction of sp³-hybridized carbons (Fsp3) is 1.00. The maximum Gasteiger partial charge on any atom is 0.389 e. The molecule has 0 aromatic carbocycles. The fourth-order valence-corrected chi connectivity index (χ4v) is 1.78. The maximum absolute atomic E-state index is 11.9. The van der Waals surface area contributed by atoms with Crippen LogP contribution in [-0.4, -0.2) is 19.3 Å². The van der Waals surface area contributed by atoms with E-state index in [1.165, 1.54) is 19.3 Å². The highest BCUT2D eigenvalue weighted by Crippen LogP contribution is 2.23. The van der Waals surface area contributed by atoms with Crippen molar-refractivity contribution in [2.45, 2.75) is 65.5 Å². The van der Waals surface area contributed by atoms with E-state index in [1.807, 2.05) is 0 Å². The van der Waals surface area contributed by atoms with E-state index in [-0.39, 0.29) is 11.8 Å². The van der Waals surface area contributed by atoms with Gasteiger partial charge in [-0.3, -0.25) is 0 Å². The van der Waals surface area contributed by atoms with Gasteiger partial charge in [-0.05, 0) is 24.8 Å². The quantitative estimate of drug-likeness (QED) is 0.595. The van der Waals surface area contributed by atoms with Crippen molar-refractivity contribution < 1.29 is 13.2 Å². The first kappa shape index (κ1) is 16.8. The smallest absolute Gasteiger partial charge is 0.316 e. The van der Waals surface area contributed by atoms with E-state index >= 15 is 0 Å². The number of rotatable bonds is 9. The van der Waals surface area contributed by atoms with Crippen LogP contribution in [-0.2, 0) is 0 Å². The van der Waals surface area contributed by atoms with Crippen LogP contribution in [0.25, 0.3) is 0 Å². The molecule has 0 spiro atoms. The normalized spacial score (nSPS) is 13.1. The molecule has 0 fully saturated rings. The first-order chi connectivity index (χ1) is 7.77. The molecule has 0 saturated carbocycles. The van der Waals surface area contributed by atoms with Crippen molar-refractivity contribution in [3.05, 3.63) is 0 Å². The third kappa shape index (κ3) is 12.0. The lowest BCUT2D eigenvalue weighted by molar-refractivity contribution is -0.135. The molecule has 1 nitrogen and oxygen atoms in total. The van der Waals surface area contributed by atoms with Crippen LogP contribution >= 0.6 is 0 Å². The number of hydrogen-bond donors (Lipinski definition) is 1. The zero-order valence-corrected chi connectivity index (χ0v) is 11.3. The van der Waals surface area contributed by atoms with Crippen LogP contribution in [0, 0.1) is 5.41 Å². The van der Waals surface area contributed by atoms with Crippen LogP contribution in [0.5, 0.6) is 0 Å². The standard InChI is InChI=1S/C13H26F3N/c1-4-5-6-8-12(2,3)11-17-10-7-9-13(14,15)16/h17H,4-11H2,1-3H3. The summed E-state index contributed by atoms with van der Waals surface area (Å²) >= 11 is 0. The Labute approximate surface area is 103 Å². The minimum absolute atomic E-state index is 0.175. The molecule has 0 saturated heterocycles. The molecule has 17 heavy (non-hydrogen) atoms. The Hall–Kier alpha value is -0.250. The molecule has 0 heterocycles. The van der Waals surface area contributed by atoms with Crippen LogP contribution in [0.2, 0.25) is 0 Å². The lowest BCUT2D eigenvalue weighted by atomic mass is 9.87.